The number of amides is 1. The zero-order chi connectivity index (χ0) is 16.3. The van der Waals surface area contributed by atoms with Gasteiger partial charge in [-0.05, 0) is 27.2 Å². The van der Waals surface area contributed by atoms with Crippen molar-refractivity contribution in [1.82, 2.24) is 15.2 Å². The van der Waals surface area contributed by atoms with E-state index in [0.717, 1.165) is 17.0 Å². The van der Waals surface area contributed by atoms with Crippen molar-refractivity contribution in [3.8, 4) is 0 Å². The van der Waals surface area contributed by atoms with Crippen molar-refractivity contribution < 1.29 is 17.9 Å². The molecule has 0 bridgehead atoms. The first-order chi connectivity index (χ1) is 10.3. The van der Waals surface area contributed by atoms with Crippen LogP contribution in [0.1, 0.15) is 36.3 Å². The molecule has 0 spiro atoms. The lowest BCUT2D eigenvalue weighted by Gasteiger charge is -2.10. The van der Waals surface area contributed by atoms with Crippen LogP contribution < -0.4 is 5.43 Å². The molecule has 0 aliphatic carbocycles. The van der Waals surface area contributed by atoms with Crippen molar-refractivity contribution in [2.24, 2.45) is 5.10 Å². The highest BCUT2D eigenvalue weighted by Gasteiger charge is 2.31. The summed E-state index contributed by atoms with van der Waals surface area (Å²) in [5, 5.41) is 8.24. The van der Waals surface area contributed by atoms with Gasteiger partial charge in [0.1, 0.15) is 0 Å². The van der Waals surface area contributed by atoms with Gasteiger partial charge in [-0.3, -0.25) is 4.68 Å². The molecule has 2 heterocycles. The minimum Gasteiger partial charge on any atom is -0.449 e. The summed E-state index contributed by atoms with van der Waals surface area (Å²) in [5.41, 5.74) is 4.58. The summed E-state index contributed by atoms with van der Waals surface area (Å²) in [6.45, 7) is 5.65. The number of hydrogen-bond acceptors (Lipinski definition) is 6. The van der Waals surface area contributed by atoms with Crippen LogP contribution >= 0.6 is 0 Å². The smallest absolute Gasteiger partial charge is 0.427 e. The molecule has 1 atom stereocenters. The molecule has 9 heteroatoms. The van der Waals surface area contributed by atoms with E-state index in [9.17, 15) is 13.2 Å². The minimum absolute atomic E-state index is 0.118. The lowest BCUT2D eigenvalue weighted by Crippen LogP contribution is -2.18. The minimum atomic E-state index is -2.97. The first-order valence-electron chi connectivity index (χ1n) is 7.06. The number of aromatic nitrogens is 2. The topological polar surface area (TPSA) is 103 Å². The molecule has 1 aliphatic heterocycles. The molecule has 1 saturated heterocycles. The van der Waals surface area contributed by atoms with E-state index >= 15 is 0 Å². The average Bonchev–Trinajstić information content (AvgIpc) is 2.92. The number of nitrogens with zero attached hydrogens (tertiary/aromatic N) is 3. The van der Waals surface area contributed by atoms with E-state index in [2.05, 4.69) is 15.6 Å². The van der Waals surface area contributed by atoms with Crippen LogP contribution in [0.25, 0.3) is 0 Å². The Morgan fingerprint density at radius 3 is 2.86 bits per heavy atom. The molecular formula is C13H20N4O4S. The summed E-state index contributed by atoms with van der Waals surface area (Å²) in [4.78, 5) is 11.2. The third-order valence-corrected chi connectivity index (χ3v) is 5.31. The first kappa shape index (κ1) is 16.5. The highest BCUT2D eigenvalue weighted by molar-refractivity contribution is 7.91. The van der Waals surface area contributed by atoms with Crippen molar-refractivity contribution in [2.45, 2.75) is 33.2 Å². The zero-order valence-electron chi connectivity index (χ0n) is 12.9. The van der Waals surface area contributed by atoms with Crippen molar-refractivity contribution in [2.75, 3.05) is 18.1 Å². The largest absolute Gasteiger partial charge is 0.449 e. The SMILES string of the molecule is CCOC(=O)N/N=C\c1c(C)nn([C@@H]2CCS(=O)(=O)C2)c1C. The van der Waals surface area contributed by atoms with Crippen molar-refractivity contribution in [1.29, 1.82) is 0 Å². The Kier molecular flexibility index (Phi) is 4.84. The summed E-state index contributed by atoms with van der Waals surface area (Å²) < 4.78 is 29.6. The monoisotopic (exact) mass is 328 g/mol. The second kappa shape index (κ2) is 6.47. The Morgan fingerprint density at radius 1 is 1.55 bits per heavy atom. The zero-order valence-corrected chi connectivity index (χ0v) is 13.7. The number of rotatable bonds is 4. The fourth-order valence-electron chi connectivity index (χ4n) is 2.50. The molecule has 0 unspecified atom stereocenters. The van der Waals surface area contributed by atoms with Gasteiger partial charge in [0.05, 0.1) is 36.1 Å². The fourth-order valence-corrected chi connectivity index (χ4v) is 4.19. The number of aryl methyl sites for hydroxylation is 1. The maximum atomic E-state index is 11.6. The van der Waals surface area contributed by atoms with Crippen LogP contribution in [0.4, 0.5) is 4.79 Å². The summed E-state index contributed by atoms with van der Waals surface area (Å²) in [6, 6.07) is -0.135. The van der Waals surface area contributed by atoms with Gasteiger partial charge in [-0.2, -0.15) is 10.2 Å². The van der Waals surface area contributed by atoms with E-state index in [-0.39, 0.29) is 24.2 Å². The predicted molar refractivity (Wildman–Crippen MR) is 81.8 cm³/mol. The van der Waals surface area contributed by atoms with Crippen molar-refractivity contribution >= 4 is 22.1 Å². The van der Waals surface area contributed by atoms with Gasteiger partial charge in [-0.15, -0.1) is 0 Å². The lowest BCUT2D eigenvalue weighted by molar-refractivity contribution is 0.152. The Labute approximate surface area is 129 Å². The third kappa shape index (κ3) is 3.65. The van der Waals surface area contributed by atoms with Crippen molar-refractivity contribution in [3.05, 3.63) is 17.0 Å². The quantitative estimate of drug-likeness (QED) is 0.654. The van der Waals surface area contributed by atoms with E-state index in [4.69, 9.17) is 4.74 Å². The molecule has 0 radical (unpaired) electrons. The Balaban J connectivity index is 2.14. The van der Waals surface area contributed by atoms with Gasteiger partial charge in [0.25, 0.3) is 0 Å². The molecule has 1 aromatic rings. The molecule has 1 aromatic heterocycles. The molecule has 8 nitrogen and oxygen atoms in total. The van der Waals surface area contributed by atoms with Crippen LogP contribution in [0.5, 0.6) is 0 Å². The maximum Gasteiger partial charge on any atom is 0.427 e. The standard InChI is InChI=1S/C13H20N4O4S/c1-4-21-13(18)15-14-7-12-9(2)16-17(10(12)3)11-5-6-22(19,20)8-11/h7,11H,4-6,8H2,1-3H3,(H,15,18)/b14-7-/t11-/m1/s1. The van der Waals surface area contributed by atoms with Gasteiger partial charge in [0.15, 0.2) is 9.84 Å². The van der Waals surface area contributed by atoms with Crippen LogP contribution in [0, 0.1) is 13.8 Å². The summed E-state index contributed by atoms with van der Waals surface area (Å²) in [7, 11) is -2.97. The van der Waals surface area contributed by atoms with Crippen LogP contribution in [-0.2, 0) is 14.6 Å². The Bertz CT molecular complexity index is 693. The molecule has 1 amide bonds. The van der Waals surface area contributed by atoms with E-state index in [1.165, 1.54) is 6.21 Å². The summed E-state index contributed by atoms with van der Waals surface area (Å²) in [6.07, 6.45) is 1.44. The second-order valence-corrected chi connectivity index (χ2v) is 7.41. The number of sulfone groups is 1. The summed E-state index contributed by atoms with van der Waals surface area (Å²) in [5.74, 6) is 0.316. The number of nitrogens with one attached hydrogen (secondary N) is 1. The van der Waals surface area contributed by atoms with Gasteiger partial charge in [-0.25, -0.2) is 18.6 Å². The highest BCUT2D eigenvalue weighted by atomic mass is 32.2. The molecule has 122 valence electrons. The van der Waals surface area contributed by atoms with E-state index in [1.807, 2.05) is 13.8 Å². The molecule has 22 heavy (non-hydrogen) atoms. The van der Waals surface area contributed by atoms with Gasteiger partial charge in [0.2, 0.25) is 0 Å². The highest BCUT2D eigenvalue weighted by Crippen LogP contribution is 2.26. The average molecular weight is 328 g/mol. The van der Waals surface area contributed by atoms with Gasteiger partial charge in [0, 0.05) is 11.3 Å². The summed E-state index contributed by atoms with van der Waals surface area (Å²) >= 11 is 0. The third-order valence-electron chi connectivity index (χ3n) is 3.56. The number of carbonyl (C=O) groups is 1. The normalized spacial score (nSPS) is 20.4. The van der Waals surface area contributed by atoms with Crippen LogP contribution in [0.3, 0.4) is 0 Å². The van der Waals surface area contributed by atoms with Crippen molar-refractivity contribution in [3.63, 3.8) is 0 Å². The Hall–Kier alpha value is -1.90. The van der Waals surface area contributed by atoms with Gasteiger partial charge in [-0.1, -0.05) is 0 Å². The van der Waals surface area contributed by atoms with Crippen LogP contribution in [-0.4, -0.2) is 48.6 Å². The second-order valence-electron chi connectivity index (χ2n) is 5.18. The Morgan fingerprint density at radius 2 is 2.27 bits per heavy atom. The number of ether oxygens (including phenoxy) is 1. The number of hydrazone groups is 1. The van der Waals surface area contributed by atoms with E-state index in [1.54, 1.807) is 11.6 Å². The fraction of sp³-hybridized carbons (Fsp3) is 0.615. The van der Waals surface area contributed by atoms with E-state index in [0.29, 0.717) is 6.42 Å². The molecule has 0 saturated carbocycles. The molecular weight excluding hydrogens is 308 g/mol. The lowest BCUT2D eigenvalue weighted by atomic mass is 10.2. The van der Waals surface area contributed by atoms with Gasteiger partial charge < -0.3 is 4.74 Å². The van der Waals surface area contributed by atoms with E-state index < -0.39 is 15.9 Å². The molecule has 0 aromatic carbocycles. The van der Waals surface area contributed by atoms with Crippen LogP contribution in [0.15, 0.2) is 5.10 Å². The number of hydrogen-bond donors (Lipinski definition) is 1. The predicted octanol–water partition coefficient (Wildman–Crippen LogP) is 0.940. The molecule has 1 N–H and O–H groups in total. The van der Waals surface area contributed by atoms with Gasteiger partial charge >= 0.3 is 6.09 Å². The number of carbonyl (C=O) groups excluding carboxylic acids is 1. The molecule has 2 rings (SSSR count). The molecule has 1 aliphatic rings. The van der Waals surface area contributed by atoms with Crippen LogP contribution in [0.2, 0.25) is 0 Å². The maximum absolute atomic E-state index is 11.6. The molecule has 1 fully saturated rings. The first-order valence-corrected chi connectivity index (χ1v) is 8.88.